The van der Waals surface area contributed by atoms with E-state index in [0.29, 0.717) is 16.7 Å². The number of rotatable bonds is 7. The molecule has 1 amide bonds. The smallest absolute Gasteiger partial charge is 0.277 e. The van der Waals surface area contributed by atoms with E-state index in [9.17, 15) is 14.9 Å². The van der Waals surface area contributed by atoms with Crippen LogP contribution in [-0.4, -0.2) is 23.7 Å². The third-order valence-electron chi connectivity index (χ3n) is 7.38. The molecule has 0 radical (unpaired) electrons. The van der Waals surface area contributed by atoms with Crippen LogP contribution in [0.1, 0.15) is 49.7 Å². The molecule has 2 aromatic rings. The van der Waals surface area contributed by atoms with Gasteiger partial charge in [0, 0.05) is 12.1 Å². The molecule has 4 fully saturated rings. The van der Waals surface area contributed by atoms with E-state index in [4.69, 9.17) is 4.74 Å². The molecule has 4 bridgehead atoms. The fourth-order valence-electron chi connectivity index (χ4n) is 6.41. The number of hydrogen-bond donors (Lipinski definition) is 1. The fraction of sp³-hybridized carbons (Fsp3) is 0.440. The van der Waals surface area contributed by atoms with Crippen molar-refractivity contribution in [3.63, 3.8) is 0 Å². The van der Waals surface area contributed by atoms with Gasteiger partial charge in [0.1, 0.15) is 5.75 Å². The lowest BCUT2D eigenvalue weighted by atomic mass is 9.48. The predicted octanol–water partition coefficient (Wildman–Crippen LogP) is 4.59. The van der Waals surface area contributed by atoms with Crippen LogP contribution in [0.5, 0.6) is 5.75 Å². The van der Waals surface area contributed by atoms with Gasteiger partial charge in [-0.3, -0.25) is 14.9 Å². The zero-order valence-electron chi connectivity index (χ0n) is 17.9. The van der Waals surface area contributed by atoms with Gasteiger partial charge in [-0.1, -0.05) is 12.1 Å². The van der Waals surface area contributed by atoms with E-state index in [1.165, 1.54) is 62.4 Å². The first-order valence-electron chi connectivity index (χ1n) is 11.3. The van der Waals surface area contributed by atoms with Gasteiger partial charge in [0.25, 0.3) is 11.6 Å². The predicted molar refractivity (Wildman–Crippen MR) is 121 cm³/mol. The number of nitrogens with zero attached hydrogens (tertiary/aromatic N) is 2. The van der Waals surface area contributed by atoms with Crippen LogP contribution in [0.4, 0.5) is 5.69 Å². The molecule has 0 saturated heterocycles. The minimum absolute atomic E-state index is 0.00814. The van der Waals surface area contributed by atoms with Crippen molar-refractivity contribution in [2.75, 3.05) is 6.61 Å². The molecule has 7 nitrogen and oxygen atoms in total. The number of ether oxygens (including phenoxy) is 1. The minimum Gasteiger partial charge on any atom is -0.484 e. The summed E-state index contributed by atoms with van der Waals surface area (Å²) in [6.07, 6.45) is 9.71. The van der Waals surface area contributed by atoms with Crippen molar-refractivity contribution in [2.45, 2.75) is 43.9 Å². The van der Waals surface area contributed by atoms with Crippen LogP contribution in [-0.2, 0) is 10.2 Å². The Hall–Kier alpha value is -3.22. The monoisotopic (exact) mass is 433 g/mol. The average Bonchev–Trinajstić information content (AvgIpc) is 2.77. The molecule has 166 valence electrons. The maximum absolute atomic E-state index is 12.0. The molecule has 4 aliphatic carbocycles. The number of nitrogens with one attached hydrogen (secondary N) is 1. The second kappa shape index (κ2) is 8.37. The van der Waals surface area contributed by atoms with E-state index in [1.54, 1.807) is 12.1 Å². The molecule has 7 heteroatoms. The fourth-order valence-corrected chi connectivity index (χ4v) is 6.41. The van der Waals surface area contributed by atoms with E-state index in [0.717, 1.165) is 17.8 Å². The number of nitro benzene ring substituents is 1. The Bertz CT molecular complexity index is 995. The topological polar surface area (TPSA) is 93.8 Å². The highest BCUT2D eigenvalue weighted by Crippen LogP contribution is 2.60. The summed E-state index contributed by atoms with van der Waals surface area (Å²) in [5, 5.41) is 14.5. The number of non-ortho nitro benzene ring substituents is 1. The van der Waals surface area contributed by atoms with Crippen LogP contribution in [0.25, 0.3) is 0 Å². The van der Waals surface area contributed by atoms with Gasteiger partial charge >= 0.3 is 0 Å². The molecule has 32 heavy (non-hydrogen) atoms. The Morgan fingerprint density at radius 3 is 2.19 bits per heavy atom. The second-order valence-corrected chi connectivity index (χ2v) is 9.65. The van der Waals surface area contributed by atoms with Gasteiger partial charge in [0.2, 0.25) is 0 Å². The zero-order chi connectivity index (χ0) is 22.1. The van der Waals surface area contributed by atoms with Gasteiger partial charge < -0.3 is 4.74 Å². The molecule has 0 unspecified atom stereocenters. The summed E-state index contributed by atoms with van der Waals surface area (Å²) < 4.78 is 5.63. The number of carbonyl (C=O) groups excluding carboxylic acids is 1. The second-order valence-electron chi connectivity index (χ2n) is 9.65. The molecule has 2 aromatic carbocycles. The summed E-state index contributed by atoms with van der Waals surface area (Å²) in [6, 6.07) is 14.2. The van der Waals surface area contributed by atoms with Crippen molar-refractivity contribution in [3.8, 4) is 5.75 Å². The molecular formula is C25H27N3O4. The lowest BCUT2D eigenvalue weighted by Crippen LogP contribution is -2.48. The van der Waals surface area contributed by atoms with Crippen molar-refractivity contribution in [3.05, 3.63) is 69.8 Å². The Balaban J connectivity index is 1.12. The summed E-state index contributed by atoms with van der Waals surface area (Å²) in [6.45, 7) is -0.131. The standard InChI is InChI=1S/C25H27N3O4/c29-24(27-26-15-17-1-5-22(6-2-17)28(30)31)16-32-23-7-3-21(4-8-23)25-12-18-9-19(13-25)11-20(10-18)14-25/h1-8,15,18-20H,9-14,16H2,(H,27,29)/b26-15+. The molecule has 0 aliphatic heterocycles. The molecule has 4 saturated carbocycles. The maximum Gasteiger partial charge on any atom is 0.277 e. The molecular weight excluding hydrogens is 406 g/mol. The third-order valence-corrected chi connectivity index (χ3v) is 7.38. The van der Waals surface area contributed by atoms with E-state index in [2.05, 4.69) is 22.7 Å². The SMILES string of the molecule is O=C(COc1ccc(C23CC4CC(CC(C4)C2)C3)cc1)N/N=C/c1ccc([N+](=O)[O-])cc1. The number of amides is 1. The number of hydrogen-bond acceptors (Lipinski definition) is 5. The molecule has 0 aromatic heterocycles. The van der Waals surface area contributed by atoms with E-state index >= 15 is 0 Å². The van der Waals surface area contributed by atoms with Crippen molar-refractivity contribution < 1.29 is 14.5 Å². The molecule has 4 aliphatic rings. The third kappa shape index (κ3) is 4.24. The van der Waals surface area contributed by atoms with Crippen LogP contribution in [0.15, 0.2) is 53.6 Å². The van der Waals surface area contributed by atoms with Crippen LogP contribution in [0.2, 0.25) is 0 Å². The van der Waals surface area contributed by atoms with Gasteiger partial charge in [-0.25, -0.2) is 5.43 Å². The molecule has 6 rings (SSSR count). The maximum atomic E-state index is 12.0. The van der Waals surface area contributed by atoms with E-state index in [-0.39, 0.29) is 18.2 Å². The first-order valence-corrected chi connectivity index (χ1v) is 11.3. The van der Waals surface area contributed by atoms with E-state index < -0.39 is 4.92 Å². The van der Waals surface area contributed by atoms with Gasteiger partial charge in [-0.15, -0.1) is 0 Å². The average molecular weight is 434 g/mol. The molecule has 1 N–H and O–H groups in total. The zero-order valence-corrected chi connectivity index (χ0v) is 17.9. The van der Waals surface area contributed by atoms with Gasteiger partial charge in [-0.05, 0) is 97.1 Å². The number of nitro groups is 1. The number of hydrazone groups is 1. The van der Waals surface area contributed by atoms with Crippen LogP contribution < -0.4 is 10.2 Å². The van der Waals surface area contributed by atoms with E-state index in [1.807, 2.05) is 12.1 Å². The van der Waals surface area contributed by atoms with Gasteiger partial charge in [0.05, 0.1) is 11.1 Å². The van der Waals surface area contributed by atoms with Crippen LogP contribution in [0, 0.1) is 27.9 Å². The molecule has 0 atom stereocenters. The summed E-state index contributed by atoms with van der Waals surface area (Å²) >= 11 is 0. The lowest BCUT2D eigenvalue weighted by molar-refractivity contribution is -0.384. The Labute approximate surface area is 187 Å². The molecule has 0 spiro atoms. The van der Waals surface area contributed by atoms with Gasteiger partial charge in [-0.2, -0.15) is 5.10 Å². The quantitative estimate of drug-likeness (QED) is 0.392. The summed E-state index contributed by atoms with van der Waals surface area (Å²) in [5.74, 6) is 3.04. The summed E-state index contributed by atoms with van der Waals surface area (Å²) in [7, 11) is 0. The van der Waals surface area contributed by atoms with Gasteiger partial charge in [0.15, 0.2) is 6.61 Å². The van der Waals surface area contributed by atoms with Crippen molar-refractivity contribution in [1.29, 1.82) is 0 Å². The minimum atomic E-state index is -0.463. The highest BCUT2D eigenvalue weighted by atomic mass is 16.6. The highest BCUT2D eigenvalue weighted by Gasteiger charge is 2.51. The normalized spacial score (nSPS) is 28.1. The van der Waals surface area contributed by atoms with Crippen molar-refractivity contribution in [2.24, 2.45) is 22.9 Å². The largest absolute Gasteiger partial charge is 0.484 e. The summed E-state index contributed by atoms with van der Waals surface area (Å²) in [4.78, 5) is 22.2. The Kier molecular flexibility index (Phi) is 5.41. The lowest BCUT2D eigenvalue weighted by Gasteiger charge is -2.57. The molecule has 0 heterocycles. The van der Waals surface area contributed by atoms with Crippen LogP contribution in [0.3, 0.4) is 0 Å². The first-order chi connectivity index (χ1) is 15.5. The number of carbonyl (C=O) groups is 1. The Morgan fingerprint density at radius 2 is 1.62 bits per heavy atom. The highest BCUT2D eigenvalue weighted by molar-refractivity contribution is 5.83. The van der Waals surface area contributed by atoms with Crippen molar-refractivity contribution >= 4 is 17.8 Å². The number of benzene rings is 2. The summed E-state index contributed by atoms with van der Waals surface area (Å²) in [5.41, 5.74) is 4.86. The van der Waals surface area contributed by atoms with Crippen molar-refractivity contribution in [1.82, 2.24) is 5.43 Å². The Morgan fingerprint density at radius 1 is 1.03 bits per heavy atom. The van der Waals surface area contributed by atoms with Crippen LogP contribution >= 0.6 is 0 Å². The first kappa shape index (κ1) is 20.7.